The van der Waals surface area contributed by atoms with E-state index in [1.165, 1.54) is 0 Å². The molecule has 2 rings (SSSR count). The zero-order valence-electron chi connectivity index (χ0n) is 10.5. The average molecular weight is 243 g/mol. The van der Waals surface area contributed by atoms with Crippen LogP contribution in [0.5, 0.6) is 0 Å². The van der Waals surface area contributed by atoms with E-state index in [4.69, 9.17) is 5.11 Å². The fourth-order valence-corrected chi connectivity index (χ4v) is 1.93. The average Bonchev–Trinajstić information content (AvgIpc) is 2.25. The first-order valence-corrected chi connectivity index (χ1v) is 6.22. The highest BCUT2D eigenvalue weighted by molar-refractivity contribution is 5.93. The first kappa shape index (κ1) is 12.7. The third-order valence-corrected chi connectivity index (χ3v) is 3.27. The number of carbonyl (C=O) groups excluding carboxylic acids is 1. The van der Waals surface area contributed by atoms with E-state index in [1.54, 1.807) is 0 Å². The van der Waals surface area contributed by atoms with Crippen LogP contribution in [-0.4, -0.2) is 17.6 Å². The van der Waals surface area contributed by atoms with Crippen molar-refractivity contribution in [2.24, 2.45) is 5.92 Å². The van der Waals surface area contributed by atoms with Gasteiger partial charge in [0, 0.05) is 17.2 Å². The maximum Gasteiger partial charge on any atom is 0.227 e. The summed E-state index contributed by atoms with van der Waals surface area (Å²) in [6.07, 6.45) is 3.17. The molecule has 0 unspecified atom stereocenters. The van der Waals surface area contributed by atoms with Gasteiger partial charge in [-0.1, -0.05) is 18.3 Å². The second-order valence-electron chi connectivity index (χ2n) is 4.61. The molecular weight excluding hydrogens is 226 g/mol. The van der Waals surface area contributed by atoms with Gasteiger partial charge in [0.15, 0.2) is 0 Å². The number of nitrogens with one attached hydrogen (secondary N) is 1. The molecular formula is C15H17NO2. The van der Waals surface area contributed by atoms with Gasteiger partial charge in [-0.15, -0.1) is 0 Å². The molecule has 3 heteroatoms. The summed E-state index contributed by atoms with van der Waals surface area (Å²) in [6, 6.07) is 5.64. The van der Waals surface area contributed by atoms with E-state index in [0.29, 0.717) is 0 Å². The largest absolute Gasteiger partial charge is 0.384 e. The molecule has 1 aromatic rings. The molecule has 0 saturated heterocycles. The Kier molecular flexibility index (Phi) is 4.01. The van der Waals surface area contributed by atoms with E-state index in [-0.39, 0.29) is 18.4 Å². The molecule has 1 aliphatic rings. The molecule has 94 valence electrons. The van der Waals surface area contributed by atoms with Gasteiger partial charge in [-0.3, -0.25) is 4.79 Å². The molecule has 1 fully saturated rings. The van der Waals surface area contributed by atoms with E-state index in [2.05, 4.69) is 17.2 Å². The van der Waals surface area contributed by atoms with Crippen molar-refractivity contribution in [2.75, 3.05) is 11.9 Å². The van der Waals surface area contributed by atoms with Crippen LogP contribution >= 0.6 is 0 Å². The first-order chi connectivity index (χ1) is 8.70. The Labute approximate surface area is 107 Å². The van der Waals surface area contributed by atoms with Crippen molar-refractivity contribution >= 4 is 11.6 Å². The minimum absolute atomic E-state index is 0.120. The summed E-state index contributed by atoms with van der Waals surface area (Å²) in [7, 11) is 0. The minimum atomic E-state index is -0.139. The highest BCUT2D eigenvalue weighted by Crippen LogP contribution is 2.27. The van der Waals surface area contributed by atoms with Crippen molar-refractivity contribution in [2.45, 2.75) is 26.2 Å². The first-order valence-electron chi connectivity index (χ1n) is 6.22. The number of aryl methyl sites for hydroxylation is 1. The van der Waals surface area contributed by atoms with Crippen LogP contribution in [0.2, 0.25) is 0 Å². The molecule has 0 radical (unpaired) electrons. The zero-order chi connectivity index (χ0) is 13.0. The molecule has 1 saturated carbocycles. The molecule has 0 bridgehead atoms. The fourth-order valence-electron chi connectivity index (χ4n) is 1.93. The van der Waals surface area contributed by atoms with Gasteiger partial charge < -0.3 is 10.4 Å². The molecule has 1 aromatic carbocycles. The summed E-state index contributed by atoms with van der Waals surface area (Å²) < 4.78 is 0. The normalized spacial score (nSPS) is 14.3. The van der Waals surface area contributed by atoms with Crippen molar-refractivity contribution in [1.29, 1.82) is 0 Å². The highest BCUT2D eigenvalue weighted by atomic mass is 16.2. The van der Waals surface area contributed by atoms with E-state index in [1.807, 2.05) is 25.1 Å². The van der Waals surface area contributed by atoms with Crippen molar-refractivity contribution in [1.82, 2.24) is 0 Å². The van der Waals surface area contributed by atoms with Crippen LogP contribution in [0.1, 0.15) is 30.4 Å². The number of benzene rings is 1. The summed E-state index contributed by atoms with van der Waals surface area (Å²) in [5, 5.41) is 11.6. The summed E-state index contributed by atoms with van der Waals surface area (Å²) in [5.74, 6) is 5.81. The summed E-state index contributed by atoms with van der Waals surface area (Å²) in [6.45, 7) is 1.81. The van der Waals surface area contributed by atoms with Crippen molar-refractivity contribution in [3.63, 3.8) is 0 Å². The van der Waals surface area contributed by atoms with E-state index in [0.717, 1.165) is 36.1 Å². The topological polar surface area (TPSA) is 49.3 Å². The van der Waals surface area contributed by atoms with E-state index >= 15 is 0 Å². The highest BCUT2D eigenvalue weighted by Gasteiger charge is 2.25. The van der Waals surface area contributed by atoms with Gasteiger partial charge in [-0.05, 0) is 43.5 Å². The molecule has 1 amide bonds. The van der Waals surface area contributed by atoms with Gasteiger partial charge >= 0.3 is 0 Å². The Hall–Kier alpha value is -1.79. The summed E-state index contributed by atoms with van der Waals surface area (Å²) in [5.41, 5.74) is 2.70. The molecule has 0 aromatic heterocycles. The zero-order valence-corrected chi connectivity index (χ0v) is 10.5. The lowest BCUT2D eigenvalue weighted by Crippen LogP contribution is -2.28. The van der Waals surface area contributed by atoms with Crippen LogP contribution in [0.3, 0.4) is 0 Å². The lowest BCUT2D eigenvalue weighted by molar-refractivity contribution is -0.122. The van der Waals surface area contributed by atoms with Crippen molar-refractivity contribution < 1.29 is 9.90 Å². The fraction of sp³-hybridized carbons (Fsp3) is 0.400. The number of amides is 1. The van der Waals surface area contributed by atoms with Crippen LogP contribution in [0.4, 0.5) is 5.69 Å². The van der Waals surface area contributed by atoms with Crippen LogP contribution < -0.4 is 5.32 Å². The number of hydrogen-bond acceptors (Lipinski definition) is 2. The van der Waals surface area contributed by atoms with Crippen LogP contribution in [-0.2, 0) is 4.79 Å². The number of anilines is 1. The lowest BCUT2D eigenvalue weighted by Gasteiger charge is -2.24. The van der Waals surface area contributed by atoms with Gasteiger partial charge in [-0.2, -0.15) is 0 Å². The number of aliphatic hydroxyl groups is 1. The molecule has 0 atom stereocenters. The van der Waals surface area contributed by atoms with Crippen LogP contribution in [0.25, 0.3) is 0 Å². The number of rotatable bonds is 2. The van der Waals surface area contributed by atoms with Gasteiger partial charge in [0.1, 0.15) is 6.61 Å². The standard InChI is InChI=1S/C15H17NO2/c1-11-10-14(8-7-12(11)6-3-9-17)16-15(18)13-4-2-5-13/h7-8,10,13,17H,2,4-5,9H2,1H3,(H,16,18). The molecule has 18 heavy (non-hydrogen) atoms. The Balaban J connectivity index is 2.06. The predicted octanol–water partition coefficient (Wildman–Crippen LogP) is 2.08. The second kappa shape index (κ2) is 5.70. The van der Waals surface area contributed by atoms with Gasteiger partial charge in [-0.25, -0.2) is 0 Å². The minimum Gasteiger partial charge on any atom is -0.384 e. The van der Waals surface area contributed by atoms with Gasteiger partial charge in [0.2, 0.25) is 5.91 Å². The number of carbonyl (C=O) groups is 1. The number of aliphatic hydroxyl groups excluding tert-OH is 1. The third kappa shape index (κ3) is 2.91. The smallest absolute Gasteiger partial charge is 0.227 e. The van der Waals surface area contributed by atoms with Crippen LogP contribution in [0.15, 0.2) is 18.2 Å². The van der Waals surface area contributed by atoms with Crippen molar-refractivity contribution in [3.05, 3.63) is 29.3 Å². The van der Waals surface area contributed by atoms with Gasteiger partial charge in [0.25, 0.3) is 0 Å². The lowest BCUT2D eigenvalue weighted by atomic mass is 9.85. The molecule has 0 aliphatic heterocycles. The maximum absolute atomic E-state index is 11.8. The summed E-state index contributed by atoms with van der Waals surface area (Å²) in [4.78, 5) is 11.8. The monoisotopic (exact) mass is 243 g/mol. The second-order valence-corrected chi connectivity index (χ2v) is 4.61. The Morgan fingerprint density at radius 1 is 1.50 bits per heavy atom. The quantitative estimate of drug-likeness (QED) is 0.781. The van der Waals surface area contributed by atoms with Crippen LogP contribution in [0, 0.1) is 24.7 Å². The predicted molar refractivity (Wildman–Crippen MR) is 71.1 cm³/mol. The molecule has 2 N–H and O–H groups in total. The number of hydrogen-bond donors (Lipinski definition) is 2. The molecule has 0 spiro atoms. The molecule has 1 aliphatic carbocycles. The summed E-state index contributed by atoms with van der Waals surface area (Å²) >= 11 is 0. The van der Waals surface area contributed by atoms with Crippen molar-refractivity contribution in [3.8, 4) is 11.8 Å². The molecule has 3 nitrogen and oxygen atoms in total. The van der Waals surface area contributed by atoms with E-state index in [9.17, 15) is 4.79 Å². The Morgan fingerprint density at radius 3 is 2.83 bits per heavy atom. The SMILES string of the molecule is Cc1cc(NC(=O)C2CCC2)ccc1C#CCO. The van der Waals surface area contributed by atoms with E-state index < -0.39 is 0 Å². The molecule has 0 heterocycles. The Bertz CT molecular complexity index is 507. The third-order valence-electron chi connectivity index (χ3n) is 3.27. The van der Waals surface area contributed by atoms with Gasteiger partial charge in [0.05, 0.1) is 0 Å². The Morgan fingerprint density at radius 2 is 2.28 bits per heavy atom. The maximum atomic E-state index is 11.8.